The fourth-order valence-corrected chi connectivity index (χ4v) is 1.76. The monoisotopic (exact) mass is 248 g/mol. The second-order valence-electron chi connectivity index (χ2n) is 3.89. The van der Waals surface area contributed by atoms with E-state index in [2.05, 4.69) is 5.32 Å². The molecule has 1 aliphatic rings. The van der Waals surface area contributed by atoms with Crippen molar-refractivity contribution < 1.29 is 14.9 Å². The molecule has 0 saturated carbocycles. The lowest BCUT2D eigenvalue weighted by Crippen LogP contribution is -2.15. The van der Waals surface area contributed by atoms with E-state index in [9.17, 15) is 5.11 Å². The van der Waals surface area contributed by atoms with Crippen LogP contribution >= 0.6 is 0 Å². The maximum Gasteiger partial charge on any atom is 0.224 e. The number of nitrogens with one attached hydrogen (secondary N) is 1. The summed E-state index contributed by atoms with van der Waals surface area (Å²) >= 11 is 0. The minimum Gasteiger partial charge on any atom is -0.468 e. The Bertz CT molecular complexity index is 483. The van der Waals surface area contributed by atoms with Crippen molar-refractivity contribution in [2.24, 2.45) is 0 Å². The lowest BCUT2D eigenvalue weighted by atomic mass is 10.0. The highest BCUT2D eigenvalue weighted by molar-refractivity contribution is 5.80. The second-order valence-corrected chi connectivity index (χ2v) is 3.89. The number of aliphatic hydroxyl groups excluding tert-OH is 2. The molecule has 18 heavy (non-hydrogen) atoms. The van der Waals surface area contributed by atoms with Crippen molar-refractivity contribution in [3.63, 3.8) is 0 Å². The van der Waals surface area contributed by atoms with Crippen LogP contribution in [-0.4, -0.2) is 29.7 Å². The summed E-state index contributed by atoms with van der Waals surface area (Å²) in [7, 11) is 0. The van der Waals surface area contributed by atoms with Gasteiger partial charge in [0.05, 0.1) is 12.9 Å². The summed E-state index contributed by atoms with van der Waals surface area (Å²) in [4.78, 5) is 0. The molecule has 0 radical (unpaired) electrons. The number of benzene rings is 1. The van der Waals surface area contributed by atoms with Gasteiger partial charge in [0, 0.05) is 29.1 Å². The first-order valence-electron chi connectivity index (χ1n) is 5.67. The number of ether oxygens (including phenoxy) is 1. The van der Waals surface area contributed by atoms with Crippen molar-refractivity contribution in [3.05, 3.63) is 42.2 Å². The first-order chi connectivity index (χ1) is 8.72. The number of rotatable bonds is 4. The van der Waals surface area contributed by atoms with E-state index in [1.54, 1.807) is 18.2 Å². The Morgan fingerprint density at radius 3 is 2.94 bits per heavy atom. The third-order valence-corrected chi connectivity index (χ3v) is 2.63. The summed E-state index contributed by atoms with van der Waals surface area (Å²) in [6.45, 7) is 0.512. The highest BCUT2D eigenvalue weighted by Crippen LogP contribution is 2.29. The lowest BCUT2D eigenvalue weighted by Gasteiger charge is -2.19. The van der Waals surface area contributed by atoms with Crippen molar-refractivity contribution in [2.75, 3.05) is 24.2 Å². The molecule has 0 aromatic heterocycles. The van der Waals surface area contributed by atoms with Gasteiger partial charge < -0.3 is 26.0 Å². The van der Waals surface area contributed by atoms with Crippen molar-refractivity contribution in [1.82, 2.24) is 0 Å². The van der Waals surface area contributed by atoms with E-state index in [-0.39, 0.29) is 6.61 Å². The standard InChI is InChI=1S/C13H16N2O3/c14-12-4-3-9(15-5-6-16)8-11(12)10-2-1-7-18-13(10)17/h1-4,7-8,13,15-17H,5-6,14H2. The van der Waals surface area contributed by atoms with Crippen LogP contribution in [0, 0.1) is 0 Å². The predicted molar refractivity (Wildman–Crippen MR) is 70.6 cm³/mol. The van der Waals surface area contributed by atoms with Gasteiger partial charge in [0.15, 0.2) is 0 Å². The summed E-state index contributed by atoms with van der Waals surface area (Å²) in [5.41, 5.74) is 8.63. The van der Waals surface area contributed by atoms with E-state index in [0.29, 0.717) is 17.8 Å². The molecule has 5 nitrogen and oxygen atoms in total. The van der Waals surface area contributed by atoms with Crippen LogP contribution in [0.2, 0.25) is 0 Å². The summed E-state index contributed by atoms with van der Waals surface area (Å²) in [6, 6.07) is 5.39. The Hall–Kier alpha value is -1.98. The maximum atomic E-state index is 9.76. The molecule has 0 aliphatic carbocycles. The minimum atomic E-state index is -1.01. The number of hydrogen-bond donors (Lipinski definition) is 4. The van der Waals surface area contributed by atoms with Crippen LogP contribution < -0.4 is 11.1 Å². The zero-order chi connectivity index (χ0) is 13.0. The molecule has 1 aromatic carbocycles. The van der Waals surface area contributed by atoms with E-state index in [0.717, 1.165) is 11.3 Å². The van der Waals surface area contributed by atoms with Crippen LogP contribution in [0.15, 0.2) is 36.6 Å². The van der Waals surface area contributed by atoms with Crippen molar-refractivity contribution in [1.29, 1.82) is 0 Å². The van der Waals surface area contributed by atoms with Crippen LogP contribution in [0.1, 0.15) is 5.56 Å². The van der Waals surface area contributed by atoms with Gasteiger partial charge in [-0.25, -0.2) is 0 Å². The first kappa shape index (κ1) is 12.5. The quantitative estimate of drug-likeness (QED) is 0.595. The molecular weight excluding hydrogens is 232 g/mol. The molecule has 1 heterocycles. The summed E-state index contributed by atoms with van der Waals surface area (Å²) < 4.78 is 5.01. The van der Waals surface area contributed by atoms with Gasteiger partial charge in [-0.1, -0.05) is 0 Å². The Balaban J connectivity index is 2.31. The van der Waals surface area contributed by atoms with Crippen LogP contribution in [0.25, 0.3) is 5.57 Å². The number of allylic oxidation sites excluding steroid dienone is 2. The molecule has 0 bridgehead atoms. The SMILES string of the molecule is Nc1ccc(NCCO)cc1C1=CC=COC1O. The number of aliphatic hydroxyl groups is 2. The van der Waals surface area contributed by atoms with Gasteiger partial charge in [0.1, 0.15) is 0 Å². The normalized spacial score (nSPS) is 18.1. The molecule has 0 spiro atoms. The topological polar surface area (TPSA) is 87.7 Å². The molecule has 1 aromatic rings. The second kappa shape index (κ2) is 5.57. The molecule has 0 saturated heterocycles. The third kappa shape index (κ3) is 2.64. The Labute approximate surface area is 105 Å². The van der Waals surface area contributed by atoms with E-state index >= 15 is 0 Å². The van der Waals surface area contributed by atoms with E-state index in [1.165, 1.54) is 6.26 Å². The Morgan fingerprint density at radius 2 is 2.22 bits per heavy atom. The van der Waals surface area contributed by atoms with Crippen LogP contribution in [0.3, 0.4) is 0 Å². The number of anilines is 2. The van der Waals surface area contributed by atoms with Crippen LogP contribution in [0.5, 0.6) is 0 Å². The van der Waals surface area contributed by atoms with Gasteiger partial charge in [0.25, 0.3) is 0 Å². The largest absolute Gasteiger partial charge is 0.468 e. The van der Waals surface area contributed by atoms with Crippen LogP contribution in [0.4, 0.5) is 11.4 Å². The fourth-order valence-electron chi connectivity index (χ4n) is 1.76. The smallest absolute Gasteiger partial charge is 0.224 e. The fraction of sp³-hybridized carbons (Fsp3) is 0.231. The molecule has 2 rings (SSSR count). The van der Waals surface area contributed by atoms with Gasteiger partial charge in [-0.2, -0.15) is 0 Å². The molecular formula is C13H16N2O3. The summed E-state index contributed by atoms with van der Waals surface area (Å²) in [5.74, 6) is 0. The lowest BCUT2D eigenvalue weighted by molar-refractivity contribution is -0.00444. The third-order valence-electron chi connectivity index (χ3n) is 2.63. The predicted octanol–water partition coefficient (Wildman–Crippen LogP) is 0.919. The zero-order valence-electron chi connectivity index (χ0n) is 9.84. The van der Waals surface area contributed by atoms with Gasteiger partial charge >= 0.3 is 0 Å². The molecule has 0 amide bonds. The average Bonchev–Trinajstić information content (AvgIpc) is 2.39. The number of nitrogen functional groups attached to an aromatic ring is 1. The highest BCUT2D eigenvalue weighted by Gasteiger charge is 2.17. The van der Waals surface area contributed by atoms with Gasteiger partial charge in [-0.05, 0) is 30.4 Å². The molecule has 1 unspecified atom stereocenters. The number of nitrogens with two attached hydrogens (primary N) is 1. The van der Waals surface area contributed by atoms with Crippen LogP contribution in [-0.2, 0) is 4.74 Å². The molecule has 5 heteroatoms. The van der Waals surface area contributed by atoms with Crippen molar-refractivity contribution in [3.8, 4) is 0 Å². The molecule has 96 valence electrons. The molecule has 1 aliphatic heterocycles. The van der Waals surface area contributed by atoms with E-state index < -0.39 is 6.29 Å². The molecule has 1 atom stereocenters. The highest BCUT2D eigenvalue weighted by atomic mass is 16.6. The Kier molecular flexibility index (Phi) is 3.86. The average molecular weight is 248 g/mol. The van der Waals surface area contributed by atoms with Crippen molar-refractivity contribution >= 4 is 16.9 Å². The first-order valence-corrected chi connectivity index (χ1v) is 5.67. The summed E-state index contributed by atoms with van der Waals surface area (Å²) in [5, 5.41) is 21.6. The van der Waals surface area contributed by atoms with E-state index in [4.69, 9.17) is 15.6 Å². The molecule has 0 fully saturated rings. The summed E-state index contributed by atoms with van der Waals surface area (Å²) in [6.07, 6.45) is 3.88. The minimum absolute atomic E-state index is 0.0525. The van der Waals surface area contributed by atoms with Gasteiger partial charge in [-0.15, -0.1) is 0 Å². The van der Waals surface area contributed by atoms with E-state index in [1.807, 2.05) is 12.1 Å². The van der Waals surface area contributed by atoms with Gasteiger partial charge in [0.2, 0.25) is 6.29 Å². The number of hydrogen-bond acceptors (Lipinski definition) is 5. The Morgan fingerprint density at radius 1 is 1.39 bits per heavy atom. The van der Waals surface area contributed by atoms with Gasteiger partial charge in [-0.3, -0.25) is 0 Å². The van der Waals surface area contributed by atoms with Crippen molar-refractivity contribution in [2.45, 2.75) is 6.29 Å². The molecule has 5 N–H and O–H groups in total. The zero-order valence-corrected chi connectivity index (χ0v) is 9.84. The maximum absolute atomic E-state index is 9.76.